The Bertz CT molecular complexity index is 334. The minimum Gasteiger partial charge on any atom is -0.356 e. The molecule has 0 radical (unpaired) electrons. The lowest BCUT2D eigenvalue weighted by atomic mass is 10.0. The van der Waals surface area contributed by atoms with Gasteiger partial charge in [-0.2, -0.15) is 0 Å². The minimum atomic E-state index is 0.0859. The molecular weight excluding hydrogens is 250 g/mol. The third-order valence-electron chi connectivity index (χ3n) is 3.80. The molecule has 1 rings (SSSR count). The van der Waals surface area contributed by atoms with Crippen molar-refractivity contribution in [2.75, 3.05) is 6.54 Å². The molecule has 0 saturated heterocycles. The zero-order chi connectivity index (χ0) is 14.6. The molecule has 0 atom stereocenters. The second-order valence-corrected chi connectivity index (χ2v) is 5.89. The van der Waals surface area contributed by atoms with Crippen molar-refractivity contribution in [1.29, 1.82) is 0 Å². The van der Waals surface area contributed by atoms with Crippen molar-refractivity contribution >= 4 is 11.7 Å². The quantitative estimate of drug-likeness (QED) is 0.730. The summed E-state index contributed by atoms with van der Waals surface area (Å²) < 4.78 is 0. The maximum Gasteiger partial charge on any atom is 0.220 e. The summed E-state index contributed by atoms with van der Waals surface area (Å²) in [7, 11) is 0. The van der Waals surface area contributed by atoms with Gasteiger partial charge < -0.3 is 5.32 Å². The fourth-order valence-electron chi connectivity index (χ4n) is 2.57. The molecule has 114 valence electrons. The third-order valence-corrected chi connectivity index (χ3v) is 3.80. The van der Waals surface area contributed by atoms with Crippen LogP contribution in [0.5, 0.6) is 0 Å². The number of nitrogens with one attached hydrogen (secondary N) is 1. The number of hydrogen-bond acceptors (Lipinski definition) is 2. The molecule has 0 aromatic rings. The van der Waals surface area contributed by atoms with Gasteiger partial charge in [0.15, 0.2) is 5.78 Å². The van der Waals surface area contributed by atoms with Crippen molar-refractivity contribution in [3.05, 3.63) is 11.6 Å². The van der Waals surface area contributed by atoms with Gasteiger partial charge in [0.2, 0.25) is 5.91 Å². The molecule has 1 aliphatic rings. The van der Waals surface area contributed by atoms with Crippen molar-refractivity contribution in [3.63, 3.8) is 0 Å². The summed E-state index contributed by atoms with van der Waals surface area (Å²) in [5.41, 5.74) is 1.18. The average Bonchev–Trinajstić information content (AvgIpc) is 2.40. The Kier molecular flexibility index (Phi) is 9.01. The van der Waals surface area contributed by atoms with Crippen LogP contribution in [0.15, 0.2) is 11.6 Å². The molecule has 3 nitrogen and oxygen atoms in total. The van der Waals surface area contributed by atoms with Gasteiger partial charge in [-0.3, -0.25) is 9.59 Å². The van der Waals surface area contributed by atoms with E-state index in [4.69, 9.17) is 0 Å². The highest BCUT2D eigenvalue weighted by atomic mass is 16.1. The molecule has 0 spiro atoms. The van der Waals surface area contributed by atoms with Gasteiger partial charge in [0.25, 0.3) is 0 Å². The van der Waals surface area contributed by atoms with Crippen LogP contribution in [0.1, 0.15) is 77.6 Å². The second kappa shape index (κ2) is 10.6. The highest BCUT2D eigenvalue weighted by Gasteiger charge is 2.04. The molecule has 0 bridgehead atoms. The summed E-state index contributed by atoms with van der Waals surface area (Å²) in [6, 6.07) is 0. The predicted octanol–water partition coefficient (Wildman–Crippen LogP) is 3.92. The molecule has 0 unspecified atom stereocenters. The Labute approximate surface area is 123 Å². The van der Waals surface area contributed by atoms with E-state index in [1.54, 1.807) is 6.08 Å². The van der Waals surface area contributed by atoms with Gasteiger partial charge in [-0.25, -0.2) is 0 Å². The molecule has 1 N–H and O–H groups in total. The van der Waals surface area contributed by atoms with Gasteiger partial charge in [0.05, 0.1) is 0 Å². The Morgan fingerprint density at radius 3 is 2.20 bits per heavy atom. The van der Waals surface area contributed by atoms with E-state index in [-0.39, 0.29) is 11.7 Å². The number of carbonyl (C=O) groups is 2. The largest absolute Gasteiger partial charge is 0.356 e. The molecule has 1 aliphatic heterocycles. The van der Waals surface area contributed by atoms with Crippen LogP contribution < -0.4 is 5.32 Å². The Morgan fingerprint density at radius 1 is 0.800 bits per heavy atom. The second-order valence-electron chi connectivity index (χ2n) is 5.89. The van der Waals surface area contributed by atoms with E-state index in [1.165, 1.54) is 44.1 Å². The first kappa shape index (κ1) is 16.9. The summed E-state index contributed by atoms with van der Waals surface area (Å²) in [6.07, 6.45) is 13.0. The normalized spacial score (nSPS) is 21.8. The lowest BCUT2D eigenvalue weighted by Gasteiger charge is -2.04. The Hall–Kier alpha value is -1.12. The summed E-state index contributed by atoms with van der Waals surface area (Å²) in [6.45, 7) is 2.82. The predicted molar refractivity (Wildman–Crippen MR) is 82.6 cm³/mol. The lowest BCUT2D eigenvalue weighted by Crippen LogP contribution is -2.24. The van der Waals surface area contributed by atoms with E-state index >= 15 is 0 Å². The summed E-state index contributed by atoms with van der Waals surface area (Å²) in [5.74, 6) is 0.252. The van der Waals surface area contributed by atoms with Gasteiger partial charge in [-0.15, -0.1) is 0 Å². The van der Waals surface area contributed by atoms with Crippen LogP contribution in [0.3, 0.4) is 0 Å². The van der Waals surface area contributed by atoms with Crippen LogP contribution in [-0.2, 0) is 9.59 Å². The molecule has 3 heteroatoms. The van der Waals surface area contributed by atoms with Gasteiger partial charge in [0, 0.05) is 19.4 Å². The van der Waals surface area contributed by atoms with E-state index in [0.29, 0.717) is 19.3 Å². The van der Waals surface area contributed by atoms with Crippen LogP contribution >= 0.6 is 0 Å². The number of amides is 1. The number of rotatable bonds is 0. The molecule has 20 heavy (non-hydrogen) atoms. The van der Waals surface area contributed by atoms with Crippen molar-refractivity contribution in [2.24, 2.45) is 0 Å². The molecule has 0 aromatic carbocycles. The molecule has 0 aromatic heterocycles. The molecule has 1 heterocycles. The summed E-state index contributed by atoms with van der Waals surface area (Å²) in [5, 5.41) is 2.93. The van der Waals surface area contributed by atoms with E-state index < -0.39 is 0 Å². The van der Waals surface area contributed by atoms with E-state index in [0.717, 1.165) is 19.4 Å². The fraction of sp³-hybridized carbons (Fsp3) is 0.765. The molecular formula is C17H29NO2. The topological polar surface area (TPSA) is 46.2 Å². The molecule has 1 amide bonds. The highest BCUT2D eigenvalue weighted by Crippen LogP contribution is 2.13. The van der Waals surface area contributed by atoms with Gasteiger partial charge >= 0.3 is 0 Å². The van der Waals surface area contributed by atoms with E-state index in [2.05, 4.69) is 5.32 Å². The number of allylic oxidation sites excluding steroid dienone is 2. The average molecular weight is 279 g/mol. The zero-order valence-electron chi connectivity index (χ0n) is 12.9. The highest BCUT2D eigenvalue weighted by molar-refractivity contribution is 5.90. The standard InChI is InChI=1S/C17H29NO2/c1-15-10-7-5-3-2-4-6-8-13-18-17(20)12-9-11-16(19)14-15/h14H,2-13H2,1H3,(H,18,20). The number of ketones is 1. The fourth-order valence-corrected chi connectivity index (χ4v) is 2.57. The molecule has 0 saturated carbocycles. The first-order chi connectivity index (χ1) is 9.68. The number of carbonyl (C=O) groups excluding carboxylic acids is 2. The minimum absolute atomic E-state index is 0.0859. The van der Waals surface area contributed by atoms with Crippen molar-refractivity contribution in [1.82, 2.24) is 5.32 Å². The first-order valence-corrected chi connectivity index (χ1v) is 8.15. The first-order valence-electron chi connectivity index (χ1n) is 8.15. The van der Waals surface area contributed by atoms with Crippen LogP contribution in [0, 0.1) is 0 Å². The molecule has 0 fully saturated rings. The Balaban J connectivity index is 2.39. The molecule has 0 aliphatic carbocycles. The maximum absolute atomic E-state index is 11.7. The van der Waals surface area contributed by atoms with Gasteiger partial charge in [-0.1, -0.05) is 37.7 Å². The van der Waals surface area contributed by atoms with Gasteiger partial charge in [0.1, 0.15) is 0 Å². The Morgan fingerprint density at radius 2 is 1.45 bits per heavy atom. The smallest absolute Gasteiger partial charge is 0.220 e. The summed E-state index contributed by atoms with van der Waals surface area (Å²) >= 11 is 0. The van der Waals surface area contributed by atoms with Crippen molar-refractivity contribution in [2.45, 2.75) is 77.6 Å². The van der Waals surface area contributed by atoms with E-state index in [9.17, 15) is 9.59 Å². The zero-order valence-corrected chi connectivity index (χ0v) is 12.9. The third kappa shape index (κ3) is 8.89. The van der Waals surface area contributed by atoms with Crippen LogP contribution in [-0.4, -0.2) is 18.2 Å². The van der Waals surface area contributed by atoms with Crippen LogP contribution in [0.2, 0.25) is 0 Å². The van der Waals surface area contributed by atoms with Gasteiger partial charge in [-0.05, 0) is 38.7 Å². The maximum atomic E-state index is 11.7. The van der Waals surface area contributed by atoms with E-state index in [1.807, 2.05) is 6.92 Å². The monoisotopic (exact) mass is 279 g/mol. The SMILES string of the molecule is CC1=CC(=O)CCCC(=O)NCCCCCCCCC1. The number of hydrogen-bond donors (Lipinski definition) is 1. The lowest BCUT2D eigenvalue weighted by molar-refractivity contribution is -0.121. The van der Waals surface area contributed by atoms with Crippen LogP contribution in [0.4, 0.5) is 0 Å². The van der Waals surface area contributed by atoms with Crippen LogP contribution in [0.25, 0.3) is 0 Å². The van der Waals surface area contributed by atoms with Crippen molar-refractivity contribution < 1.29 is 9.59 Å². The summed E-state index contributed by atoms with van der Waals surface area (Å²) in [4.78, 5) is 23.3. The van der Waals surface area contributed by atoms with Crippen molar-refractivity contribution in [3.8, 4) is 0 Å².